The molecular weight excluding hydrogens is 272 g/mol. The molecule has 0 radical (unpaired) electrons. The Morgan fingerprint density at radius 3 is 2.74 bits per heavy atom. The number of esters is 1. The molecule has 1 heterocycles. The lowest BCUT2D eigenvalue weighted by Gasteiger charge is -2.35. The molecule has 1 saturated heterocycles. The van der Waals surface area contributed by atoms with Crippen molar-refractivity contribution in [2.45, 2.75) is 31.7 Å². The van der Waals surface area contributed by atoms with E-state index in [1.807, 2.05) is 6.92 Å². The van der Waals surface area contributed by atoms with E-state index in [1.165, 1.54) is 14.2 Å². The Labute approximate surface area is 114 Å². The van der Waals surface area contributed by atoms with Crippen LogP contribution in [0.2, 0.25) is 0 Å². The highest BCUT2D eigenvalue weighted by Gasteiger charge is 2.33. The molecule has 0 amide bonds. The quantitative estimate of drug-likeness (QED) is 0.691. The molecule has 0 aromatic carbocycles. The molecule has 0 saturated carbocycles. The minimum atomic E-state index is -3.63. The molecule has 1 rings (SSSR count). The van der Waals surface area contributed by atoms with Crippen LogP contribution in [0, 0.1) is 0 Å². The number of carbonyl (C=O) groups excluding carboxylic acids is 1. The highest BCUT2D eigenvalue weighted by molar-refractivity contribution is 7.87. The van der Waals surface area contributed by atoms with Crippen LogP contribution in [-0.2, 0) is 24.5 Å². The van der Waals surface area contributed by atoms with Gasteiger partial charge in [0.15, 0.2) is 0 Å². The van der Waals surface area contributed by atoms with Gasteiger partial charge in [-0.25, -0.2) is 0 Å². The maximum absolute atomic E-state index is 12.1. The van der Waals surface area contributed by atoms with E-state index < -0.39 is 21.7 Å². The molecule has 1 atom stereocenters. The summed E-state index contributed by atoms with van der Waals surface area (Å²) in [5.41, 5.74) is -0.587. The second kappa shape index (κ2) is 6.65. The first-order chi connectivity index (χ1) is 8.79. The first kappa shape index (κ1) is 16.4. The normalized spacial score (nSPS) is 24.4. The molecule has 1 aliphatic heterocycles. The van der Waals surface area contributed by atoms with Crippen molar-refractivity contribution in [2.24, 2.45) is 0 Å². The van der Waals surface area contributed by atoms with Gasteiger partial charge in [0.1, 0.15) is 0 Å². The first-order valence-corrected chi connectivity index (χ1v) is 7.63. The molecule has 0 aromatic heterocycles. The second-order valence-electron chi connectivity index (χ2n) is 4.97. The zero-order chi connectivity index (χ0) is 14.5. The average Bonchev–Trinajstić information content (AvgIpc) is 2.34. The zero-order valence-electron chi connectivity index (χ0n) is 11.6. The summed E-state index contributed by atoms with van der Waals surface area (Å²) >= 11 is 0. The van der Waals surface area contributed by atoms with Crippen LogP contribution < -0.4 is 4.72 Å². The lowest BCUT2D eigenvalue weighted by molar-refractivity contribution is -0.140. The molecule has 0 aliphatic carbocycles. The van der Waals surface area contributed by atoms with E-state index in [1.54, 1.807) is 0 Å². The Morgan fingerprint density at radius 2 is 2.21 bits per heavy atom. The number of hydrogen-bond acceptors (Lipinski definition) is 5. The molecule has 112 valence electrons. The van der Waals surface area contributed by atoms with Crippen LogP contribution in [-0.4, -0.2) is 58.1 Å². The Bertz CT molecular complexity index is 403. The number of methoxy groups -OCH3 is 1. The van der Waals surface area contributed by atoms with Gasteiger partial charge in [0.2, 0.25) is 0 Å². The number of nitrogens with one attached hydrogen (secondary N) is 1. The van der Waals surface area contributed by atoms with E-state index in [4.69, 9.17) is 4.74 Å². The van der Waals surface area contributed by atoms with Gasteiger partial charge in [0, 0.05) is 20.2 Å². The summed E-state index contributed by atoms with van der Waals surface area (Å²) < 4.78 is 37.8. The number of rotatable bonds is 6. The van der Waals surface area contributed by atoms with Gasteiger partial charge in [-0.05, 0) is 19.8 Å². The number of ether oxygens (including phenoxy) is 2. The predicted molar refractivity (Wildman–Crippen MR) is 69.8 cm³/mol. The van der Waals surface area contributed by atoms with E-state index in [-0.39, 0.29) is 13.0 Å². The van der Waals surface area contributed by atoms with Crippen LogP contribution in [0.25, 0.3) is 0 Å². The number of hydrogen-bond donors (Lipinski definition) is 1. The van der Waals surface area contributed by atoms with Crippen LogP contribution in [0.3, 0.4) is 0 Å². The summed E-state index contributed by atoms with van der Waals surface area (Å²) in [6.45, 7) is 2.92. The Hall–Kier alpha value is -0.700. The van der Waals surface area contributed by atoms with Gasteiger partial charge in [-0.3, -0.25) is 4.79 Å². The maximum Gasteiger partial charge on any atom is 0.306 e. The van der Waals surface area contributed by atoms with Gasteiger partial charge < -0.3 is 9.47 Å². The third-order valence-corrected chi connectivity index (χ3v) is 4.84. The molecule has 8 heteroatoms. The van der Waals surface area contributed by atoms with Crippen LogP contribution in [0.4, 0.5) is 0 Å². The van der Waals surface area contributed by atoms with E-state index in [0.29, 0.717) is 13.2 Å². The Morgan fingerprint density at radius 1 is 1.53 bits per heavy atom. The molecule has 1 N–H and O–H groups in total. The Balaban J connectivity index is 2.56. The highest BCUT2D eigenvalue weighted by Crippen LogP contribution is 2.19. The third kappa shape index (κ3) is 5.06. The van der Waals surface area contributed by atoms with Crippen molar-refractivity contribution < 1.29 is 22.7 Å². The van der Waals surface area contributed by atoms with E-state index >= 15 is 0 Å². The van der Waals surface area contributed by atoms with Gasteiger partial charge >= 0.3 is 5.97 Å². The third-order valence-electron chi connectivity index (χ3n) is 3.08. The number of carbonyl (C=O) groups is 1. The monoisotopic (exact) mass is 294 g/mol. The molecule has 7 nitrogen and oxygen atoms in total. The van der Waals surface area contributed by atoms with Crippen LogP contribution in [0.5, 0.6) is 0 Å². The average molecular weight is 294 g/mol. The highest BCUT2D eigenvalue weighted by atomic mass is 32.2. The lowest BCUT2D eigenvalue weighted by atomic mass is 9.97. The summed E-state index contributed by atoms with van der Waals surface area (Å²) in [7, 11) is -0.925. The van der Waals surface area contributed by atoms with E-state index in [0.717, 1.165) is 17.1 Å². The van der Waals surface area contributed by atoms with Crippen LogP contribution in [0.15, 0.2) is 0 Å². The zero-order valence-corrected chi connectivity index (χ0v) is 12.5. The van der Waals surface area contributed by atoms with E-state index in [9.17, 15) is 13.2 Å². The molecule has 1 fully saturated rings. The number of nitrogens with zero attached hydrogens (tertiary/aromatic N) is 1. The summed E-state index contributed by atoms with van der Waals surface area (Å²) in [5, 5.41) is 0. The molecule has 1 aliphatic rings. The minimum Gasteiger partial charge on any atom is -0.469 e. The van der Waals surface area contributed by atoms with Gasteiger partial charge in [-0.15, -0.1) is 0 Å². The molecule has 1 unspecified atom stereocenters. The maximum atomic E-state index is 12.1. The van der Waals surface area contributed by atoms with Crippen molar-refractivity contribution in [1.82, 2.24) is 9.03 Å². The van der Waals surface area contributed by atoms with Gasteiger partial charge in [0.05, 0.1) is 25.7 Å². The fourth-order valence-corrected chi connectivity index (χ4v) is 3.15. The molecular formula is C11H22N2O5S. The smallest absolute Gasteiger partial charge is 0.306 e. The fourth-order valence-electron chi connectivity index (χ4n) is 1.87. The van der Waals surface area contributed by atoms with Crippen molar-refractivity contribution in [3.05, 3.63) is 0 Å². The summed E-state index contributed by atoms with van der Waals surface area (Å²) in [6.07, 6.45) is 1.59. The fraction of sp³-hybridized carbons (Fsp3) is 0.909. The first-order valence-electron chi connectivity index (χ1n) is 6.19. The van der Waals surface area contributed by atoms with Gasteiger partial charge in [-0.1, -0.05) is 0 Å². The van der Waals surface area contributed by atoms with Crippen molar-refractivity contribution in [3.8, 4) is 0 Å². The summed E-state index contributed by atoms with van der Waals surface area (Å²) in [6, 6.07) is 0. The molecule has 0 aromatic rings. The van der Waals surface area contributed by atoms with Gasteiger partial charge in [-0.2, -0.15) is 17.4 Å². The molecule has 0 spiro atoms. The Kier molecular flexibility index (Phi) is 5.72. The van der Waals surface area contributed by atoms with Crippen LogP contribution in [0.1, 0.15) is 26.2 Å². The van der Waals surface area contributed by atoms with Crippen molar-refractivity contribution >= 4 is 16.2 Å². The second-order valence-corrected chi connectivity index (χ2v) is 6.75. The topological polar surface area (TPSA) is 84.9 Å². The summed E-state index contributed by atoms with van der Waals surface area (Å²) in [4.78, 5) is 11.0. The SMILES string of the molecule is COC(=O)CCN(C)S(=O)(=O)NC1(C)CCCOC1. The molecule has 19 heavy (non-hydrogen) atoms. The van der Waals surface area contributed by atoms with Crippen molar-refractivity contribution in [3.63, 3.8) is 0 Å². The minimum absolute atomic E-state index is 0.0289. The standard InChI is InChI=1S/C11H22N2O5S/c1-11(6-4-8-18-9-11)12-19(15,16)13(2)7-5-10(14)17-3/h12H,4-9H2,1-3H3. The summed E-state index contributed by atoms with van der Waals surface area (Å²) in [5.74, 6) is -0.436. The van der Waals surface area contributed by atoms with Crippen LogP contribution >= 0.6 is 0 Å². The van der Waals surface area contributed by atoms with Crippen molar-refractivity contribution in [1.29, 1.82) is 0 Å². The van der Waals surface area contributed by atoms with E-state index in [2.05, 4.69) is 9.46 Å². The van der Waals surface area contributed by atoms with Gasteiger partial charge in [0.25, 0.3) is 10.2 Å². The predicted octanol–water partition coefficient (Wildman–Crippen LogP) is -0.115. The lowest BCUT2D eigenvalue weighted by Crippen LogP contribution is -2.55. The van der Waals surface area contributed by atoms with Crippen molar-refractivity contribution in [2.75, 3.05) is 33.9 Å². The molecule has 0 bridgehead atoms. The largest absolute Gasteiger partial charge is 0.469 e.